The molecule has 4 aromatic rings. The van der Waals surface area contributed by atoms with E-state index in [2.05, 4.69) is 20.6 Å². The molecule has 0 aliphatic carbocycles. The van der Waals surface area contributed by atoms with Crippen molar-refractivity contribution >= 4 is 23.2 Å². The minimum Gasteiger partial charge on any atom is -0.339 e. The van der Waals surface area contributed by atoms with Gasteiger partial charge in [-0.05, 0) is 36.4 Å². The summed E-state index contributed by atoms with van der Waals surface area (Å²) in [6, 6.07) is 12.1. The molecule has 0 radical (unpaired) electrons. The summed E-state index contributed by atoms with van der Waals surface area (Å²) in [6.07, 6.45) is -0.0178. The molecule has 0 atom stereocenters. The van der Waals surface area contributed by atoms with Crippen LogP contribution in [0.25, 0.3) is 17.2 Å². The molecule has 0 unspecified atom stereocenters. The zero-order valence-corrected chi connectivity index (χ0v) is 17.9. The Balaban J connectivity index is 1.55. The number of carbonyl (C=O) groups excluding carboxylic acids is 1. The van der Waals surface area contributed by atoms with Crippen LogP contribution in [-0.2, 0) is 18.3 Å². The van der Waals surface area contributed by atoms with E-state index in [1.54, 1.807) is 30.3 Å². The smallest absolute Gasteiger partial charge is 0.339 e. The minimum atomic E-state index is -0.713. The molecule has 0 bridgehead atoms. The molecule has 2 heterocycles. The summed E-state index contributed by atoms with van der Waals surface area (Å²) in [7, 11) is 1.30. The molecule has 10 nitrogen and oxygen atoms in total. The third-order valence-electron chi connectivity index (χ3n) is 4.64. The maximum Gasteiger partial charge on any atom is 0.351 e. The SMILES string of the molecule is Cn1c(=O)c(-c2noc(CCC(=O)Nc3ccccc3F)n2)nn(-c2ccc(Cl)cc2)c1=O. The Morgan fingerprint density at radius 3 is 2.61 bits per heavy atom. The number of para-hydroxylation sites is 1. The van der Waals surface area contributed by atoms with Crippen molar-refractivity contribution in [2.45, 2.75) is 12.8 Å². The van der Waals surface area contributed by atoms with Gasteiger partial charge in [0.1, 0.15) is 5.82 Å². The Bertz CT molecular complexity index is 1440. The van der Waals surface area contributed by atoms with Crippen LogP contribution in [0.4, 0.5) is 10.1 Å². The summed E-state index contributed by atoms with van der Waals surface area (Å²) in [6.45, 7) is 0. The van der Waals surface area contributed by atoms with Gasteiger partial charge in [0.05, 0.1) is 11.4 Å². The summed E-state index contributed by atoms with van der Waals surface area (Å²) in [5.41, 5.74) is -1.15. The van der Waals surface area contributed by atoms with E-state index < -0.39 is 23.0 Å². The summed E-state index contributed by atoms with van der Waals surface area (Å²) in [5.74, 6) is -1.07. The third-order valence-corrected chi connectivity index (χ3v) is 4.89. The maximum absolute atomic E-state index is 13.7. The number of rotatable bonds is 6. The fourth-order valence-electron chi connectivity index (χ4n) is 2.91. The number of nitrogens with zero attached hydrogens (tertiary/aromatic N) is 5. The Morgan fingerprint density at radius 1 is 1.15 bits per heavy atom. The van der Waals surface area contributed by atoms with E-state index >= 15 is 0 Å². The highest BCUT2D eigenvalue weighted by atomic mass is 35.5. The van der Waals surface area contributed by atoms with Crippen molar-refractivity contribution in [3.63, 3.8) is 0 Å². The number of aromatic nitrogens is 5. The van der Waals surface area contributed by atoms with Gasteiger partial charge in [-0.2, -0.15) is 14.8 Å². The van der Waals surface area contributed by atoms with Gasteiger partial charge in [-0.15, -0.1) is 0 Å². The zero-order chi connectivity index (χ0) is 23.5. The number of benzene rings is 2. The number of carbonyl (C=O) groups is 1. The van der Waals surface area contributed by atoms with Crippen molar-refractivity contribution in [1.29, 1.82) is 0 Å². The lowest BCUT2D eigenvalue weighted by Crippen LogP contribution is -2.40. The fraction of sp³-hybridized carbons (Fsp3) is 0.143. The highest BCUT2D eigenvalue weighted by Crippen LogP contribution is 2.15. The van der Waals surface area contributed by atoms with Crippen LogP contribution in [0, 0.1) is 5.82 Å². The van der Waals surface area contributed by atoms with Crippen molar-refractivity contribution in [1.82, 2.24) is 24.5 Å². The predicted octanol–water partition coefficient (Wildman–Crippen LogP) is 2.35. The van der Waals surface area contributed by atoms with Gasteiger partial charge >= 0.3 is 5.69 Å². The van der Waals surface area contributed by atoms with E-state index in [1.165, 1.54) is 25.2 Å². The van der Waals surface area contributed by atoms with Crippen molar-refractivity contribution in [2.75, 3.05) is 5.32 Å². The van der Waals surface area contributed by atoms with Crippen LogP contribution in [0.1, 0.15) is 12.3 Å². The van der Waals surface area contributed by atoms with E-state index in [0.717, 1.165) is 9.25 Å². The first-order valence-corrected chi connectivity index (χ1v) is 10.0. The summed E-state index contributed by atoms with van der Waals surface area (Å²) >= 11 is 5.89. The molecule has 0 spiro atoms. The molecule has 0 fully saturated rings. The summed E-state index contributed by atoms with van der Waals surface area (Å²) in [5, 5.41) is 10.8. The van der Waals surface area contributed by atoms with Gasteiger partial charge in [-0.1, -0.05) is 28.9 Å². The Kier molecular flexibility index (Phi) is 6.13. The molecular formula is C21H16ClFN6O4. The second kappa shape index (κ2) is 9.17. The summed E-state index contributed by atoms with van der Waals surface area (Å²) < 4.78 is 20.7. The molecule has 1 N–H and O–H groups in total. The Hall–Kier alpha value is -4.12. The number of anilines is 1. The normalized spacial score (nSPS) is 10.9. The first kappa shape index (κ1) is 22.1. The van der Waals surface area contributed by atoms with Crippen LogP contribution in [0.2, 0.25) is 5.02 Å². The van der Waals surface area contributed by atoms with Gasteiger partial charge in [0, 0.05) is 24.9 Å². The van der Waals surface area contributed by atoms with Crippen LogP contribution < -0.4 is 16.6 Å². The largest absolute Gasteiger partial charge is 0.351 e. The van der Waals surface area contributed by atoms with Gasteiger partial charge in [-0.25, -0.2) is 9.18 Å². The lowest BCUT2D eigenvalue weighted by atomic mass is 10.2. The first-order chi connectivity index (χ1) is 15.8. The van der Waals surface area contributed by atoms with E-state index in [-0.39, 0.29) is 35.9 Å². The van der Waals surface area contributed by atoms with Crippen LogP contribution in [0.15, 0.2) is 62.6 Å². The number of halogens is 2. The van der Waals surface area contributed by atoms with Crippen molar-refractivity contribution in [3.05, 3.63) is 86.1 Å². The number of nitrogens with one attached hydrogen (secondary N) is 1. The Morgan fingerprint density at radius 2 is 1.88 bits per heavy atom. The van der Waals surface area contributed by atoms with Gasteiger partial charge in [-0.3, -0.25) is 14.2 Å². The van der Waals surface area contributed by atoms with Gasteiger partial charge in [0.25, 0.3) is 5.56 Å². The van der Waals surface area contributed by atoms with Crippen LogP contribution in [0.5, 0.6) is 0 Å². The molecule has 168 valence electrons. The standard InChI is InChI=1S/C21H16ClFN6O4/c1-28-20(31)18(26-29(21(28)32)13-8-6-12(22)7-9-13)19-25-17(33-27-19)11-10-16(30)24-15-5-3-2-4-14(15)23/h2-9H,10-11H2,1H3,(H,24,30). The van der Waals surface area contributed by atoms with E-state index in [9.17, 15) is 18.8 Å². The fourth-order valence-corrected chi connectivity index (χ4v) is 3.04. The molecule has 12 heteroatoms. The van der Waals surface area contributed by atoms with E-state index in [0.29, 0.717) is 10.7 Å². The van der Waals surface area contributed by atoms with Gasteiger partial charge in [0.15, 0.2) is 5.69 Å². The van der Waals surface area contributed by atoms with Crippen LogP contribution >= 0.6 is 11.6 Å². The second-order valence-electron chi connectivity index (χ2n) is 6.92. The number of aryl methyl sites for hydroxylation is 1. The van der Waals surface area contributed by atoms with E-state index in [4.69, 9.17) is 16.1 Å². The lowest BCUT2D eigenvalue weighted by molar-refractivity contribution is -0.116. The topological polar surface area (TPSA) is 125 Å². The molecule has 0 aliphatic heterocycles. The second-order valence-corrected chi connectivity index (χ2v) is 7.36. The molecule has 2 aromatic heterocycles. The van der Waals surface area contributed by atoms with Crippen LogP contribution in [-0.4, -0.2) is 30.4 Å². The molecule has 0 aliphatic rings. The number of hydrogen-bond donors (Lipinski definition) is 1. The van der Waals surface area contributed by atoms with Gasteiger partial charge < -0.3 is 9.84 Å². The first-order valence-electron chi connectivity index (χ1n) is 9.67. The minimum absolute atomic E-state index is 0.0461. The molecule has 2 aromatic carbocycles. The maximum atomic E-state index is 13.7. The van der Waals surface area contributed by atoms with Crippen LogP contribution in [0.3, 0.4) is 0 Å². The predicted molar refractivity (Wildman–Crippen MR) is 117 cm³/mol. The molecular weight excluding hydrogens is 455 g/mol. The molecule has 33 heavy (non-hydrogen) atoms. The third kappa shape index (κ3) is 4.72. The average molecular weight is 471 g/mol. The number of amides is 1. The number of hydrogen-bond acceptors (Lipinski definition) is 7. The Labute approximate surface area is 190 Å². The summed E-state index contributed by atoms with van der Waals surface area (Å²) in [4.78, 5) is 41.3. The molecule has 4 rings (SSSR count). The average Bonchev–Trinajstić information content (AvgIpc) is 3.27. The molecule has 0 saturated heterocycles. The van der Waals surface area contributed by atoms with Crippen molar-refractivity contribution in [2.24, 2.45) is 7.05 Å². The highest BCUT2D eigenvalue weighted by molar-refractivity contribution is 6.30. The monoisotopic (exact) mass is 470 g/mol. The van der Waals surface area contributed by atoms with E-state index in [1.807, 2.05) is 0 Å². The highest BCUT2D eigenvalue weighted by Gasteiger charge is 2.19. The van der Waals surface area contributed by atoms with Crippen molar-refractivity contribution in [3.8, 4) is 17.2 Å². The lowest BCUT2D eigenvalue weighted by Gasteiger charge is -2.07. The molecule has 0 saturated carbocycles. The zero-order valence-electron chi connectivity index (χ0n) is 17.2. The quantitative estimate of drug-likeness (QED) is 0.458. The van der Waals surface area contributed by atoms with Gasteiger partial charge in [0.2, 0.25) is 17.6 Å². The molecule has 1 amide bonds. The van der Waals surface area contributed by atoms with Crippen molar-refractivity contribution < 1.29 is 13.7 Å².